The number of benzene rings is 8. The molecule has 0 saturated heterocycles. The molecule has 0 spiro atoms. The number of hydrogen-bond donors (Lipinski definition) is 0. The molecule has 3 heterocycles. The van der Waals surface area contributed by atoms with Crippen LogP contribution in [0, 0.1) is 0 Å². The fourth-order valence-electron chi connectivity index (χ4n) is 10.7. The Balaban J connectivity index is 0.996. The van der Waals surface area contributed by atoms with Gasteiger partial charge in [-0.1, -0.05) is 178 Å². The Bertz CT molecular complexity index is 3530. The van der Waals surface area contributed by atoms with Gasteiger partial charge in [0.25, 0.3) is 0 Å². The van der Waals surface area contributed by atoms with E-state index in [1.165, 1.54) is 50.1 Å². The summed E-state index contributed by atoms with van der Waals surface area (Å²) in [7, 11) is 0. The number of hydrogen-bond acceptors (Lipinski definition) is 5. The van der Waals surface area contributed by atoms with Crippen molar-refractivity contribution < 1.29 is 4.42 Å². The first kappa shape index (κ1) is 35.8. The Labute approximate surface area is 365 Å². The lowest BCUT2D eigenvalue weighted by atomic mass is 9.81. The lowest BCUT2D eigenvalue weighted by Crippen LogP contribution is -2.32. The van der Waals surface area contributed by atoms with Crippen LogP contribution < -0.4 is 4.90 Å². The third-order valence-electron chi connectivity index (χ3n) is 13.7. The van der Waals surface area contributed by atoms with Crippen molar-refractivity contribution in [3.63, 3.8) is 0 Å². The summed E-state index contributed by atoms with van der Waals surface area (Å²) in [6, 6.07) is 65.1. The van der Waals surface area contributed by atoms with E-state index in [2.05, 4.69) is 176 Å². The third-order valence-corrected chi connectivity index (χ3v) is 13.7. The molecule has 298 valence electrons. The fraction of sp³-hybridized carbons (Fsp3) is 0.0862. The van der Waals surface area contributed by atoms with E-state index in [-0.39, 0.29) is 17.4 Å². The molecular weight excluding hydrogens is 769 g/mol. The predicted molar refractivity (Wildman–Crippen MR) is 256 cm³/mol. The first-order valence-electron chi connectivity index (χ1n) is 21.8. The molecule has 0 fully saturated rings. The first-order valence-corrected chi connectivity index (χ1v) is 21.8. The van der Waals surface area contributed by atoms with Crippen molar-refractivity contribution in [1.82, 2.24) is 15.0 Å². The predicted octanol–water partition coefficient (Wildman–Crippen LogP) is 14.4. The minimum absolute atomic E-state index is 0.0668. The van der Waals surface area contributed by atoms with Crippen molar-refractivity contribution in [2.24, 2.45) is 0 Å². The average molecular weight is 809 g/mol. The van der Waals surface area contributed by atoms with E-state index in [9.17, 15) is 0 Å². The summed E-state index contributed by atoms with van der Waals surface area (Å²) < 4.78 is 6.37. The van der Waals surface area contributed by atoms with Crippen LogP contribution in [0.3, 0.4) is 0 Å². The number of para-hydroxylation sites is 2. The second-order valence-electron chi connectivity index (χ2n) is 17.5. The van der Waals surface area contributed by atoms with Crippen molar-refractivity contribution in [2.45, 2.75) is 31.2 Å². The van der Waals surface area contributed by atoms with Crippen LogP contribution in [0.25, 0.3) is 84.2 Å². The Kier molecular flexibility index (Phi) is 7.71. The monoisotopic (exact) mass is 808 g/mol. The number of fused-ring (bicyclic) bond motifs is 11. The second kappa shape index (κ2) is 13.6. The van der Waals surface area contributed by atoms with Gasteiger partial charge in [-0.15, -0.1) is 0 Å². The number of furan rings is 1. The highest BCUT2D eigenvalue weighted by molar-refractivity contribution is 6.05. The molecule has 8 aromatic carbocycles. The van der Waals surface area contributed by atoms with Crippen LogP contribution in [0.15, 0.2) is 192 Å². The van der Waals surface area contributed by atoms with Crippen LogP contribution in [0.4, 0.5) is 11.6 Å². The minimum atomic E-state index is -0.0831. The lowest BCUT2D eigenvalue weighted by Gasteiger charge is -2.30. The van der Waals surface area contributed by atoms with Gasteiger partial charge < -0.3 is 9.32 Å². The van der Waals surface area contributed by atoms with Crippen molar-refractivity contribution in [2.75, 3.05) is 4.90 Å². The smallest absolute Gasteiger partial charge is 0.234 e. The van der Waals surface area contributed by atoms with E-state index in [4.69, 9.17) is 19.4 Å². The molecule has 2 aromatic heterocycles. The molecule has 2 unspecified atom stereocenters. The largest absolute Gasteiger partial charge is 0.456 e. The molecule has 0 amide bonds. The second-order valence-corrected chi connectivity index (χ2v) is 17.5. The molecule has 2 aliphatic carbocycles. The number of aromatic nitrogens is 3. The normalized spacial score (nSPS) is 16.4. The molecular formula is C58H40N4O. The van der Waals surface area contributed by atoms with Gasteiger partial charge in [-0.25, -0.2) is 4.98 Å². The zero-order chi connectivity index (χ0) is 41.8. The summed E-state index contributed by atoms with van der Waals surface area (Å²) in [4.78, 5) is 18.3. The molecule has 63 heavy (non-hydrogen) atoms. The standard InChI is InChI=1S/C58H40N4O/c1-58(2)48-24-10-8-20-43(48)44-29-26-38(33-49(44)58)37-17-12-18-39(32-37)42-22-13-23-47-53-41-19-7-6-14-35(41)28-31-50(53)62(54(42)47)57-60-55(36-15-4-3-5-16-36)59-56(61-57)40-27-30-46-45-21-9-11-25-51(45)63-52(46)34-40/h3-34,50,53H,1-2H3. The molecule has 10 aromatic rings. The maximum atomic E-state index is 6.37. The van der Waals surface area contributed by atoms with Crippen LogP contribution in [-0.4, -0.2) is 21.0 Å². The SMILES string of the molecule is CC1(C)c2ccccc2-c2ccc(-c3cccc(-c4cccc5c4N(c4nc(-c6ccccc6)nc(-c6ccc7c(c6)oc6ccccc67)n4)C4C=Cc6ccccc6C54)c3)cc21. The van der Waals surface area contributed by atoms with E-state index < -0.39 is 0 Å². The molecule has 5 heteroatoms. The van der Waals surface area contributed by atoms with Gasteiger partial charge in [0, 0.05) is 38.8 Å². The summed E-state index contributed by atoms with van der Waals surface area (Å²) in [5.41, 5.74) is 18.3. The van der Waals surface area contributed by atoms with E-state index in [0.29, 0.717) is 17.6 Å². The van der Waals surface area contributed by atoms with Gasteiger partial charge in [0.1, 0.15) is 11.2 Å². The van der Waals surface area contributed by atoms with Crippen molar-refractivity contribution >= 4 is 39.7 Å². The maximum absolute atomic E-state index is 6.37. The number of anilines is 2. The summed E-state index contributed by atoms with van der Waals surface area (Å²) in [5, 5.41) is 2.15. The van der Waals surface area contributed by atoms with Crippen LogP contribution in [0.2, 0.25) is 0 Å². The van der Waals surface area contributed by atoms with E-state index in [0.717, 1.165) is 49.9 Å². The Hall–Kier alpha value is -7.89. The topological polar surface area (TPSA) is 55.1 Å². The molecule has 13 rings (SSSR count). The number of nitrogens with zero attached hydrogens (tertiary/aromatic N) is 4. The van der Waals surface area contributed by atoms with E-state index in [1.54, 1.807) is 0 Å². The quantitative estimate of drug-likeness (QED) is 0.173. The van der Waals surface area contributed by atoms with Gasteiger partial charge in [-0.05, 0) is 86.0 Å². The zero-order valence-corrected chi connectivity index (χ0v) is 34.8. The lowest BCUT2D eigenvalue weighted by molar-refractivity contribution is 0.660. The highest BCUT2D eigenvalue weighted by Crippen LogP contribution is 2.55. The van der Waals surface area contributed by atoms with Crippen molar-refractivity contribution in [3.05, 3.63) is 216 Å². The Morgan fingerprint density at radius 2 is 1.14 bits per heavy atom. The third kappa shape index (κ3) is 5.46. The van der Waals surface area contributed by atoms with Crippen molar-refractivity contribution in [3.8, 4) is 56.2 Å². The van der Waals surface area contributed by atoms with Gasteiger partial charge in [-0.2, -0.15) is 9.97 Å². The summed E-state index contributed by atoms with van der Waals surface area (Å²) in [6.07, 6.45) is 4.60. The molecule has 0 N–H and O–H groups in total. The van der Waals surface area contributed by atoms with Crippen LogP contribution >= 0.6 is 0 Å². The molecule has 0 radical (unpaired) electrons. The van der Waals surface area contributed by atoms with Gasteiger partial charge in [0.2, 0.25) is 5.95 Å². The Morgan fingerprint density at radius 3 is 2.06 bits per heavy atom. The summed E-state index contributed by atoms with van der Waals surface area (Å²) >= 11 is 0. The average Bonchev–Trinajstić information content (AvgIpc) is 3.97. The fourth-order valence-corrected chi connectivity index (χ4v) is 10.7. The molecule has 0 saturated carbocycles. The van der Waals surface area contributed by atoms with E-state index in [1.807, 2.05) is 36.4 Å². The van der Waals surface area contributed by atoms with Gasteiger partial charge in [0.15, 0.2) is 11.6 Å². The summed E-state index contributed by atoms with van der Waals surface area (Å²) in [6.45, 7) is 4.69. The molecule has 1 aliphatic heterocycles. The van der Waals surface area contributed by atoms with E-state index >= 15 is 0 Å². The highest BCUT2D eigenvalue weighted by Gasteiger charge is 2.44. The Morgan fingerprint density at radius 1 is 0.476 bits per heavy atom. The molecule has 5 nitrogen and oxygen atoms in total. The minimum Gasteiger partial charge on any atom is -0.456 e. The summed E-state index contributed by atoms with van der Waals surface area (Å²) in [5.74, 6) is 1.88. The molecule has 2 atom stereocenters. The number of rotatable bonds is 5. The molecule has 0 bridgehead atoms. The first-order chi connectivity index (χ1) is 31.0. The van der Waals surface area contributed by atoms with Gasteiger partial charge in [-0.3, -0.25) is 0 Å². The van der Waals surface area contributed by atoms with Crippen LogP contribution in [0.5, 0.6) is 0 Å². The van der Waals surface area contributed by atoms with Crippen LogP contribution in [-0.2, 0) is 5.41 Å². The van der Waals surface area contributed by atoms with Gasteiger partial charge in [0.05, 0.1) is 11.7 Å². The highest BCUT2D eigenvalue weighted by atomic mass is 16.3. The maximum Gasteiger partial charge on any atom is 0.234 e. The van der Waals surface area contributed by atoms with Crippen LogP contribution in [0.1, 0.15) is 47.6 Å². The zero-order valence-electron chi connectivity index (χ0n) is 34.8. The van der Waals surface area contributed by atoms with Crippen molar-refractivity contribution in [1.29, 1.82) is 0 Å². The van der Waals surface area contributed by atoms with Gasteiger partial charge >= 0.3 is 0 Å². The molecule has 3 aliphatic rings.